The average molecular weight is 248 g/mol. The number of nitrogens with one attached hydrogen (secondary N) is 1. The third kappa shape index (κ3) is 2.82. The highest BCUT2D eigenvalue weighted by Crippen LogP contribution is 2.24. The number of aliphatic hydroxyl groups is 1. The lowest BCUT2D eigenvalue weighted by Crippen LogP contribution is -2.43. The number of hydrogen-bond acceptors (Lipinski definition) is 3. The molecule has 0 spiro atoms. The molecule has 0 radical (unpaired) electrons. The van der Waals surface area contributed by atoms with Gasteiger partial charge in [0.05, 0.1) is 0 Å². The second-order valence-electron chi connectivity index (χ2n) is 4.73. The molecule has 2 N–H and O–H groups in total. The van der Waals surface area contributed by atoms with Gasteiger partial charge in [0.1, 0.15) is 6.04 Å². The largest absolute Gasteiger partial charge is 0.396 e. The third-order valence-electron chi connectivity index (χ3n) is 3.38. The fraction of sp³-hybridized carbons (Fsp3) is 0.500. The van der Waals surface area contributed by atoms with Gasteiger partial charge in [0.2, 0.25) is 5.91 Å². The number of para-hydroxylation sites is 1. The number of carbonyl (C=O) groups is 1. The SMILES string of the molecule is CN(CCCO)C(=O)C1CCc2ccccc2N1. The van der Waals surface area contributed by atoms with Crippen LogP contribution in [0.4, 0.5) is 5.69 Å². The molecule has 0 fully saturated rings. The van der Waals surface area contributed by atoms with Crippen molar-refractivity contribution in [3.05, 3.63) is 29.8 Å². The fourth-order valence-electron chi connectivity index (χ4n) is 2.31. The summed E-state index contributed by atoms with van der Waals surface area (Å²) in [4.78, 5) is 13.9. The number of benzene rings is 1. The number of rotatable bonds is 4. The van der Waals surface area contributed by atoms with E-state index in [1.807, 2.05) is 18.2 Å². The quantitative estimate of drug-likeness (QED) is 0.843. The number of anilines is 1. The predicted molar refractivity (Wildman–Crippen MR) is 71.5 cm³/mol. The lowest BCUT2D eigenvalue weighted by Gasteiger charge is -2.29. The number of amides is 1. The molecule has 0 bridgehead atoms. The molecule has 1 unspecified atom stereocenters. The first-order valence-corrected chi connectivity index (χ1v) is 6.42. The minimum absolute atomic E-state index is 0.109. The summed E-state index contributed by atoms with van der Waals surface area (Å²) in [5.74, 6) is 0.109. The molecule has 0 saturated carbocycles. The normalized spacial score (nSPS) is 17.8. The van der Waals surface area contributed by atoms with E-state index < -0.39 is 0 Å². The number of carbonyl (C=O) groups excluding carboxylic acids is 1. The van der Waals surface area contributed by atoms with Crippen LogP contribution in [0.3, 0.4) is 0 Å². The Hall–Kier alpha value is -1.55. The molecule has 1 atom stereocenters. The van der Waals surface area contributed by atoms with Crippen molar-refractivity contribution in [2.75, 3.05) is 25.5 Å². The Morgan fingerprint density at radius 2 is 2.28 bits per heavy atom. The molecule has 1 amide bonds. The Morgan fingerprint density at radius 3 is 3.06 bits per heavy atom. The topological polar surface area (TPSA) is 52.6 Å². The molecule has 4 nitrogen and oxygen atoms in total. The summed E-state index contributed by atoms with van der Waals surface area (Å²) in [6.07, 6.45) is 2.40. The first-order valence-electron chi connectivity index (χ1n) is 6.42. The van der Waals surface area contributed by atoms with Crippen LogP contribution < -0.4 is 5.32 Å². The fourth-order valence-corrected chi connectivity index (χ4v) is 2.31. The maximum Gasteiger partial charge on any atom is 0.244 e. The number of aliphatic hydroxyl groups excluding tert-OH is 1. The molecule has 0 aliphatic carbocycles. The molecular weight excluding hydrogens is 228 g/mol. The Bertz CT molecular complexity index is 420. The second-order valence-corrected chi connectivity index (χ2v) is 4.73. The van der Waals surface area contributed by atoms with E-state index in [4.69, 9.17) is 5.11 Å². The highest BCUT2D eigenvalue weighted by atomic mass is 16.3. The van der Waals surface area contributed by atoms with Crippen LogP contribution in [0.15, 0.2) is 24.3 Å². The Balaban J connectivity index is 1.98. The van der Waals surface area contributed by atoms with E-state index in [1.54, 1.807) is 11.9 Å². The maximum atomic E-state index is 12.2. The van der Waals surface area contributed by atoms with Crippen LogP contribution in [0, 0.1) is 0 Å². The summed E-state index contributed by atoms with van der Waals surface area (Å²) in [7, 11) is 1.79. The summed E-state index contributed by atoms with van der Waals surface area (Å²) >= 11 is 0. The van der Waals surface area contributed by atoms with Crippen LogP contribution in [0.5, 0.6) is 0 Å². The van der Waals surface area contributed by atoms with E-state index in [1.165, 1.54) is 5.56 Å². The molecule has 98 valence electrons. The van der Waals surface area contributed by atoms with Crippen molar-refractivity contribution in [2.45, 2.75) is 25.3 Å². The van der Waals surface area contributed by atoms with Gasteiger partial charge in [0.25, 0.3) is 0 Å². The van der Waals surface area contributed by atoms with Crippen LogP contribution in [0.25, 0.3) is 0 Å². The van der Waals surface area contributed by atoms with Crippen LogP contribution in [-0.2, 0) is 11.2 Å². The third-order valence-corrected chi connectivity index (χ3v) is 3.38. The number of nitrogens with zero attached hydrogens (tertiary/aromatic N) is 1. The molecule has 0 aromatic heterocycles. The molecule has 1 aliphatic rings. The van der Waals surface area contributed by atoms with Gasteiger partial charge in [0, 0.05) is 25.9 Å². The van der Waals surface area contributed by atoms with Crippen molar-refractivity contribution in [1.29, 1.82) is 0 Å². The van der Waals surface area contributed by atoms with Crippen molar-refractivity contribution >= 4 is 11.6 Å². The molecule has 0 saturated heterocycles. The Morgan fingerprint density at radius 1 is 1.50 bits per heavy atom. The summed E-state index contributed by atoms with van der Waals surface area (Å²) in [5, 5.41) is 12.1. The molecule has 18 heavy (non-hydrogen) atoms. The van der Waals surface area contributed by atoms with E-state index in [2.05, 4.69) is 11.4 Å². The second kappa shape index (κ2) is 5.87. The van der Waals surface area contributed by atoms with Gasteiger partial charge < -0.3 is 15.3 Å². The zero-order chi connectivity index (χ0) is 13.0. The minimum Gasteiger partial charge on any atom is -0.396 e. The van der Waals surface area contributed by atoms with Crippen molar-refractivity contribution in [1.82, 2.24) is 4.90 Å². The van der Waals surface area contributed by atoms with Gasteiger partial charge in [0.15, 0.2) is 0 Å². The van der Waals surface area contributed by atoms with Gasteiger partial charge in [-0.2, -0.15) is 0 Å². The summed E-state index contributed by atoms with van der Waals surface area (Å²) in [6, 6.07) is 7.98. The van der Waals surface area contributed by atoms with Crippen molar-refractivity contribution in [2.24, 2.45) is 0 Å². The van der Waals surface area contributed by atoms with E-state index in [-0.39, 0.29) is 18.6 Å². The number of fused-ring (bicyclic) bond motifs is 1. The van der Waals surface area contributed by atoms with Crippen LogP contribution in [0.2, 0.25) is 0 Å². The number of aryl methyl sites for hydroxylation is 1. The van der Waals surface area contributed by atoms with Gasteiger partial charge in [-0.25, -0.2) is 0 Å². The van der Waals surface area contributed by atoms with Gasteiger partial charge in [-0.05, 0) is 30.9 Å². The van der Waals surface area contributed by atoms with Crippen LogP contribution in [-0.4, -0.2) is 42.2 Å². The first-order chi connectivity index (χ1) is 8.72. The monoisotopic (exact) mass is 248 g/mol. The summed E-state index contributed by atoms with van der Waals surface area (Å²) in [5.41, 5.74) is 2.34. The summed E-state index contributed by atoms with van der Waals surface area (Å²) in [6.45, 7) is 0.730. The molecule has 1 aromatic carbocycles. The summed E-state index contributed by atoms with van der Waals surface area (Å²) < 4.78 is 0. The van der Waals surface area contributed by atoms with E-state index in [0.717, 1.165) is 18.5 Å². The molecule has 1 aromatic rings. The zero-order valence-electron chi connectivity index (χ0n) is 10.7. The standard InChI is InChI=1S/C14H20N2O2/c1-16(9-4-10-17)14(18)13-8-7-11-5-2-3-6-12(11)15-13/h2-3,5-6,13,15,17H,4,7-10H2,1H3. The zero-order valence-corrected chi connectivity index (χ0v) is 10.7. The average Bonchev–Trinajstić information content (AvgIpc) is 2.43. The van der Waals surface area contributed by atoms with Gasteiger partial charge in [-0.15, -0.1) is 0 Å². The maximum absolute atomic E-state index is 12.2. The highest BCUT2D eigenvalue weighted by Gasteiger charge is 2.25. The van der Waals surface area contributed by atoms with E-state index in [0.29, 0.717) is 13.0 Å². The highest BCUT2D eigenvalue weighted by molar-refractivity contribution is 5.85. The molecule has 1 heterocycles. The van der Waals surface area contributed by atoms with Gasteiger partial charge >= 0.3 is 0 Å². The lowest BCUT2D eigenvalue weighted by atomic mass is 9.97. The molecular formula is C14H20N2O2. The number of hydrogen-bond donors (Lipinski definition) is 2. The first kappa shape index (κ1) is 12.9. The minimum atomic E-state index is -0.136. The number of likely N-dealkylation sites (N-methyl/N-ethyl adjacent to an activating group) is 1. The van der Waals surface area contributed by atoms with Crippen molar-refractivity contribution < 1.29 is 9.90 Å². The van der Waals surface area contributed by atoms with E-state index in [9.17, 15) is 4.79 Å². The molecule has 4 heteroatoms. The van der Waals surface area contributed by atoms with Crippen LogP contribution >= 0.6 is 0 Å². The smallest absolute Gasteiger partial charge is 0.244 e. The Kier molecular flexibility index (Phi) is 4.20. The lowest BCUT2D eigenvalue weighted by molar-refractivity contribution is -0.131. The van der Waals surface area contributed by atoms with Crippen molar-refractivity contribution in [3.8, 4) is 0 Å². The molecule has 1 aliphatic heterocycles. The van der Waals surface area contributed by atoms with Gasteiger partial charge in [-0.1, -0.05) is 18.2 Å². The van der Waals surface area contributed by atoms with Crippen LogP contribution in [0.1, 0.15) is 18.4 Å². The Labute approximate surface area is 108 Å². The van der Waals surface area contributed by atoms with E-state index >= 15 is 0 Å². The van der Waals surface area contributed by atoms with Crippen molar-refractivity contribution in [3.63, 3.8) is 0 Å². The van der Waals surface area contributed by atoms with Gasteiger partial charge in [-0.3, -0.25) is 4.79 Å². The predicted octanol–water partition coefficient (Wildman–Crippen LogP) is 1.25. The molecule has 2 rings (SSSR count).